The van der Waals surface area contributed by atoms with Gasteiger partial charge in [0.05, 0.1) is 12.5 Å². The summed E-state index contributed by atoms with van der Waals surface area (Å²) in [5.41, 5.74) is 0. The highest BCUT2D eigenvalue weighted by molar-refractivity contribution is 5.76. The fourth-order valence-corrected chi connectivity index (χ4v) is 3.98. The lowest BCUT2D eigenvalue weighted by Crippen LogP contribution is -2.45. The average molecular weight is 322 g/mol. The Bertz CT molecular complexity index is 436. The molecular formula is C18H30N2O3. The Morgan fingerprint density at radius 2 is 2.00 bits per heavy atom. The van der Waals surface area contributed by atoms with Gasteiger partial charge in [-0.1, -0.05) is 0 Å². The monoisotopic (exact) mass is 322 g/mol. The quantitative estimate of drug-likeness (QED) is 0.727. The summed E-state index contributed by atoms with van der Waals surface area (Å²) in [4.78, 5) is 28.8. The molecule has 0 aromatic heterocycles. The summed E-state index contributed by atoms with van der Waals surface area (Å²) in [6, 6.07) is 0.445. The van der Waals surface area contributed by atoms with Crippen LogP contribution in [0.2, 0.25) is 0 Å². The molecule has 2 atom stereocenters. The Labute approximate surface area is 139 Å². The number of esters is 1. The maximum Gasteiger partial charge on any atom is 0.310 e. The van der Waals surface area contributed by atoms with E-state index in [1.54, 1.807) is 0 Å². The molecule has 2 unspecified atom stereocenters. The number of carbonyl (C=O) groups is 2. The number of hydrogen-bond acceptors (Lipinski definition) is 4. The van der Waals surface area contributed by atoms with Crippen molar-refractivity contribution < 1.29 is 14.3 Å². The average Bonchev–Trinajstić information content (AvgIpc) is 3.38. The predicted octanol–water partition coefficient (Wildman–Crippen LogP) is 2.05. The van der Waals surface area contributed by atoms with Crippen molar-refractivity contribution in [2.24, 2.45) is 11.8 Å². The number of hydrogen-bond donors (Lipinski definition) is 0. The van der Waals surface area contributed by atoms with Crippen molar-refractivity contribution in [2.45, 2.75) is 57.9 Å². The zero-order valence-corrected chi connectivity index (χ0v) is 14.3. The summed E-state index contributed by atoms with van der Waals surface area (Å²) in [6.07, 6.45) is 7.23. The summed E-state index contributed by atoms with van der Waals surface area (Å²) in [5.74, 6) is 1.07. The molecule has 2 heterocycles. The number of likely N-dealkylation sites (tertiary alicyclic amines) is 2. The minimum absolute atomic E-state index is 0.0187. The first-order chi connectivity index (χ1) is 11.2. The van der Waals surface area contributed by atoms with Crippen LogP contribution in [0.3, 0.4) is 0 Å². The molecule has 1 amide bonds. The largest absolute Gasteiger partial charge is 0.466 e. The summed E-state index contributed by atoms with van der Waals surface area (Å²) in [6.45, 7) is 6.04. The highest BCUT2D eigenvalue weighted by atomic mass is 16.5. The maximum absolute atomic E-state index is 12.3. The van der Waals surface area contributed by atoms with Crippen LogP contribution in [0.1, 0.15) is 51.9 Å². The fraction of sp³-hybridized carbons (Fsp3) is 0.889. The van der Waals surface area contributed by atoms with E-state index in [2.05, 4.69) is 9.80 Å². The van der Waals surface area contributed by atoms with Gasteiger partial charge in [-0.3, -0.25) is 14.5 Å². The number of piperidine rings is 1. The van der Waals surface area contributed by atoms with Gasteiger partial charge >= 0.3 is 5.97 Å². The SMILES string of the molecule is CCOC(=O)C1CCCN(C2CCC(=O)N(CC3CC3)CC2)C1. The molecule has 0 N–H and O–H groups in total. The summed E-state index contributed by atoms with van der Waals surface area (Å²) in [7, 11) is 0. The molecule has 0 aromatic carbocycles. The summed E-state index contributed by atoms with van der Waals surface area (Å²) in [5, 5.41) is 0. The van der Waals surface area contributed by atoms with E-state index in [4.69, 9.17) is 4.74 Å². The van der Waals surface area contributed by atoms with E-state index in [1.807, 2.05) is 6.92 Å². The number of carbonyl (C=O) groups excluding carboxylic acids is 2. The molecule has 3 rings (SSSR count). The van der Waals surface area contributed by atoms with Crippen molar-refractivity contribution in [1.29, 1.82) is 0 Å². The highest BCUT2D eigenvalue weighted by Gasteiger charge is 2.34. The van der Waals surface area contributed by atoms with E-state index in [1.165, 1.54) is 12.8 Å². The van der Waals surface area contributed by atoms with Gasteiger partial charge in [-0.2, -0.15) is 0 Å². The number of rotatable bonds is 5. The minimum Gasteiger partial charge on any atom is -0.466 e. The molecule has 2 aliphatic heterocycles. The smallest absolute Gasteiger partial charge is 0.310 e. The molecule has 3 fully saturated rings. The van der Waals surface area contributed by atoms with Crippen LogP contribution in [0.4, 0.5) is 0 Å². The second kappa shape index (κ2) is 7.65. The van der Waals surface area contributed by atoms with Crippen LogP contribution in [0.15, 0.2) is 0 Å². The normalized spacial score (nSPS) is 30.1. The van der Waals surface area contributed by atoms with Crippen LogP contribution in [-0.2, 0) is 14.3 Å². The second-order valence-corrected chi connectivity index (χ2v) is 7.35. The van der Waals surface area contributed by atoms with Gasteiger partial charge in [0.1, 0.15) is 0 Å². The van der Waals surface area contributed by atoms with E-state index < -0.39 is 0 Å². The van der Waals surface area contributed by atoms with E-state index in [0.29, 0.717) is 25.0 Å². The minimum atomic E-state index is -0.0442. The second-order valence-electron chi connectivity index (χ2n) is 7.35. The van der Waals surface area contributed by atoms with E-state index in [9.17, 15) is 9.59 Å². The lowest BCUT2D eigenvalue weighted by atomic mass is 9.95. The molecule has 3 aliphatic rings. The molecule has 5 nitrogen and oxygen atoms in total. The molecule has 5 heteroatoms. The molecule has 1 saturated carbocycles. The van der Waals surface area contributed by atoms with Crippen LogP contribution in [0, 0.1) is 11.8 Å². The van der Waals surface area contributed by atoms with Crippen molar-refractivity contribution in [3.63, 3.8) is 0 Å². The number of nitrogens with zero attached hydrogens (tertiary/aromatic N) is 2. The van der Waals surface area contributed by atoms with Gasteiger partial charge in [0.15, 0.2) is 0 Å². The third kappa shape index (κ3) is 4.46. The Balaban J connectivity index is 1.53. The van der Waals surface area contributed by atoms with Gasteiger partial charge in [0.25, 0.3) is 0 Å². The van der Waals surface area contributed by atoms with Crippen molar-refractivity contribution in [2.75, 3.05) is 32.8 Å². The van der Waals surface area contributed by atoms with Crippen molar-refractivity contribution in [3.05, 3.63) is 0 Å². The molecule has 2 saturated heterocycles. The highest BCUT2D eigenvalue weighted by Crippen LogP contribution is 2.31. The van der Waals surface area contributed by atoms with Crippen LogP contribution >= 0.6 is 0 Å². The fourth-order valence-electron chi connectivity index (χ4n) is 3.98. The number of ether oxygens (including phenoxy) is 1. The standard InChI is InChI=1S/C18H30N2O3/c1-2-23-18(22)15-4-3-10-19(13-15)16-7-8-17(21)20(11-9-16)12-14-5-6-14/h14-16H,2-13H2,1H3. The molecule has 130 valence electrons. The Morgan fingerprint density at radius 1 is 1.17 bits per heavy atom. The molecule has 0 aromatic rings. The lowest BCUT2D eigenvalue weighted by molar-refractivity contribution is -0.150. The Kier molecular flexibility index (Phi) is 5.57. The molecule has 1 aliphatic carbocycles. The van der Waals surface area contributed by atoms with E-state index >= 15 is 0 Å². The third-order valence-electron chi connectivity index (χ3n) is 5.54. The van der Waals surface area contributed by atoms with Crippen LogP contribution < -0.4 is 0 Å². The van der Waals surface area contributed by atoms with Crippen LogP contribution in [0.25, 0.3) is 0 Å². The molecule has 0 bridgehead atoms. The zero-order valence-electron chi connectivity index (χ0n) is 14.3. The van der Waals surface area contributed by atoms with Crippen LogP contribution in [0.5, 0.6) is 0 Å². The first-order valence-corrected chi connectivity index (χ1v) is 9.35. The summed E-state index contributed by atoms with van der Waals surface area (Å²) < 4.78 is 5.20. The summed E-state index contributed by atoms with van der Waals surface area (Å²) >= 11 is 0. The van der Waals surface area contributed by atoms with Gasteiger partial charge in [-0.25, -0.2) is 0 Å². The molecule has 0 radical (unpaired) electrons. The van der Waals surface area contributed by atoms with Gasteiger partial charge in [0, 0.05) is 32.1 Å². The molecule has 23 heavy (non-hydrogen) atoms. The molecule has 0 spiro atoms. The third-order valence-corrected chi connectivity index (χ3v) is 5.54. The van der Waals surface area contributed by atoms with Gasteiger partial charge in [-0.15, -0.1) is 0 Å². The van der Waals surface area contributed by atoms with E-state index in [-0.39, 0.29) is 11.9 Å². The number of amides is 1. The zero-order chi connectivity index (χ0) is 16.2. The van der Waals surface area contributed by atoms with E-state index in [0.717, 1.165) is 57.8 Å². The van der Waals surface area contributed by atoms with Gasteiger partial charge < -0.3 is 9.64 Å². The first-order valence-electron chi connectivity index (χ1n) is 9.35. The van der Waals surface area contributed by atoms with Crippen molar-refractivity contribution in [3.8, 4) is 0 Å². The Morgan fingerprint density at radius 3 is 2.74 bits per heavy atom. The van der Waals surface area contributed by atoms with Crippen molar-refractivity contribution in [1.82, 2.24) is 9.80 Å². The first kappa shape index (κ1) is 16.7. The Hall–Kier alpha value is -1.10. The van der Waals surface area contributed by atoms with Crippen molar-refractivity contribution >= 4 is 11.9 Å². The van der Waals surface area contributed by atoms with Gasteiger partial charge in [-0.05, 0) is 57.9 Å². The topological polar surface area (TPSA) is 49.9 Å². The van der Waals surface area contributed by atoms with Gasteiger partial charge in [0.2, 0.25) is 5.91 Å². The predicted molar refractivity (Wildman–Crippen MR) is 87.9 cm³/mol. The maximum atomic E-state index is 12.3. The lowest BCUT2D eigenvalue weighted by Gasteiger charge is -2.37. The van der Waals surface area contributed by atoms with Crippen LogP contribution in [-0.4, -0.2) is 60.5 Å². The molecular weight excluding hydrogens is 292 g/mol.